The molecule has 0 N–H and O–H groups in total. The number of amides is 1. The molecule has 0 atom stereocenters. The lowest BCUT2D eigenvalue weighted by molar-refractivity contribution is 0.0665. The summed E-state index contributed by atoms with van der Waals surface area (Å²) in [7, 11) is 4.20. The SMILES string of the molecule is Cc1noc2nc(C(C)C)cc(C(=O)N3CCC(N(C)C)CC3)c12. The first kappa shape index (κ1) is 16.9. The fraction of sp³-hybridized carbons (Fsp3) is 0.611. The fourth-order valence-corrected chi connectivity index (χ4v) is 3.33. The van der Waals surface area contributed by atoms with Crippen LogP contribution in [0.4, 0.5) is 0 Å². The fourth-order valence-electron chi connectivity index (χ4n) is 3.33. The Kier molecular flexibility index (Phi) is 4.58. The Morgan fingerprint density at radius 1 is 1.33 bits per heavy atom. The molecular weight excluding hydrogens is 304 g/mol. The molecule has 6 nitrogen and oxygen atoms in total. The Morgan fingerprint density at radius 2 is 2.00 bits per heavy atom. The van der Waals surface area contributed by atoms with Crippen LogP contribution < -0.4 is 0 Å². The highest BCUT2D eigenvalue weighted by molar-refractivity contribution is 6.06. The van der Waals surface area contributed by atoms with Gasteiger partial charge in [-0.05, 0) is 45.8 Å². The van der Waals surface area contributed by atoms with E-state index in [0.29, 0.717) is 17.3 Å². The highest BCUT2D eigenvalue weighted by Crippen LogP contribution is 2.27. The molecule has 0 bridgehead atoms. The van der Waals surface area contributed by atoms with Crippen LogP contribution >= 0.6 is 0 Å². The maximum absolute atomic E-state index is 13.1. The molecule has 0 saturated carbocycles. The second kappa shape index (κ2) is 6.51. The Labute approximate surface area is 142 Å². The first-order chi connectivity index (χ1) is 11.4. The van der Waals surface area contributed by atoms with Crippen LogP contribution in [-0.4, -0.2) is 59.1 Å². The first-order valence-corrected chi connectivity index (χ1v) is 8.61. The molecule has 130 valence electrons. The molecule has 0 radical (unpaired) electrons. The van der Waals surface area contributed by atoms with Gasteiger partial charge in [0.1, 0.15) is 0 Å². The quantitative estimate of drug-likeness (QED) is 0.866. The molecule has 1 saturated heterocycles. The van der Waals surface area contributed by atoms with Gasteiger partial charge in [-0.3, -0.25) is 4.79 Å². The molecule has 24 heavy (non-hydrogen) atoms. The van der Waals surface area contributed by atoms with Gasteiger partial charge in [-0.15, -0.1) is 0 Å². The number of nitrogens with zero attached hydrogens (tertiary/aromatic N) is 4. The molecule has 2 aromatic heterocycles. The van der Waals surface area contributed by atoms with E-state index in [2.05, 4.69) is 43.0 Å². The second-order valence-corrected chi connectivity index (χ2v) is 7.18. The maximum atomic E-state index is 13.1. The summed E-state index contributed by atoms with van der Waals surface area (Å²) < 4.78 is 5.33. The zero-order chi connectivity index (χ0) is 17.4. The molecule has 0 aromatic carbocycles. The summed E-state index contributed by atoms with van der Waals surface area (Å²) in [4.78, 5) is 21.8. The molecule has 1 amide bonds. The van der Waals surface area contributed by atoms with Crippen LogP contribution in [0.3, 0.4) is 0 Å². The van der Waals surface area contributed by atoms with Crippen molar-refractivity contribution in [3.63, 3.8) is 0 Å². The van der Waals surface area contributed by atoms with Crippen LogP contribution in [0.2, 0.25) is 0 Å². The standard InChI is InChI=1S/C18H26N4O2/c1-11(2)15-10-14(16-12(3)20-24-17(16)19-15)18(23)22-8-6-13(7-9-22)21(4)5/h10-11,13H,6-9H2,1-5H3. The van der Waals surface area contributed by atoms with Gasteiger partial charge in [-0.2, -0.15) is 0 Å². The lowest BCUT2D eigenvalue weighted by Gasteiger charge is -2.35. The molecule has 0 unspecified atom stereocenters. The number of rotatable bonds is 3. The van der Waals surface area contributed by atoms with E-state index in [0.717, 1.165) is 42.7 Å². The molecule has 0 spiro atoms. The second-order valence-electron chi connectivity index (χ2n) is 7.18. The highest BCUT2D eigenvalue weighted by Gasteiger charge is 2.27. The van der Waals surface area contributed by atoms with E-state index in [-0.39, 0.29) is 11.8 Å². The zero-order valence-corrected chi connectivity index (χ0v) is 15.2. The van der Waals surface area contributed by atoms with Crippen molar-refractivity contribution in [1.29, 1.82) is 0 Å². The van der Waals surface area contributed by atoms with E-state index in [1.165, 1.54) is 0 Å². The molecule has 1 fully saturated rings. The Balaban J connectivity index is 1.93. The molecular formula is C18H26N4O2. The Bertz CT molecular complexity index is 743. The zero-order valence-electron chi connectivity index (χ0n) is 15.2. The van der Waals surface area contributed by atoms with Crippen molar-refractivity contribution >= 4 is 17.0 Å². The van der Waals surface area contributed by atoms with Gasteiger partial charge in [0.15, 0.2) is 0 Å². The van der Waals surface area contributed by atoms with Crippen molar-refractivity contribution in [1.82, 2.24) is 19.9 Å². The average Bonchev–Trinajstić information content (AvgIpc) is 2.94. The van der Waals surface area contributed by atoms with Gasteiger partial charge in [0.25, 0.3) is 11.6 Å². The number of fused-ring (bicyclic) bond motifs is 1. The summed E-state index contributed by atoms with van der Waals surface area (Å²) in [6, 6.07) is 2.47. The number of carbonyl (C=O) groups excluding carboxylic acids is 1. The molecule has 3 heterocycles. The largest absolute Gasteiger partial charge is 0.339 e. The van der Waals surface area contributed by atoms with Crippen molar-refractivity contribution in [2.45, 2.75) is 45.6 Å². The van der Waals surface area contributed by atoms with Crippen molar-refractivity contribution in [2.24, 2.45) is 0 Å². The van der Waals surface area contributed by atoms with E-state index in [1.54, 1.807) is 0 Å². The van der Waals surface area contributed by atoms with Gasteiger partial charge in [-0.25, -0.2) is 4.98 Å². The number of carbonyl (C=O) groups is 1. The minimum Gasteiger partial charge on any atom is -0.339 e. The lowest BCUT2D eigenvalue weighted by Crippen LogP contribution is -2.44. The number of aryl methyl sites for hydroxylation is 1. The molecule has 1 aliphatic rings. The third-order valence-corrected chi connectivity index (χ3v) is 4.94. The minimum absolute atomic E-state index is 0.0628. The molecule has 3 rings (SSSR count). The summed E-state index contributed by atoms with van der Waals surface area (Å²) in [5, 5.41) is 4.75. The van der Waals surface area contributed by atoms with E-state index >= 15 is 0 Å². The third-order valence-electron chi connectivity index (χ3n) is 4.94. The summed E-state index contributed by atoms with van der Waals surface area (Å²) in [5.41, 5.74) is 2.72. The number of aromatic nitrogens is 2. The van der Waals surface area contributed by atoms with E-state index < -0.39 is 0 Å². The van der Waals surface area contributed by atoms with Gasteiger partial charge in [0.05, 0.1) is 16.6 Å². The number of likely N-dealkylation sites (tertiary alicyclic amines) is 1. The Morgan fingerprint density at radius 3 is 2.58 bits per heavy atom. The monoisotopic (exact) mass is 330 g/mol. The molecule has 1 aliphatic heterocycles. The maximum Gasteiger partial charge on any atom is 0.259 e. The van der Waals surface area contributed by atoms with Crippen LogP contribution in [0.5, 0.6) is 0 Å². The first-order valence-electron chi connectivity index (χ1n) is 8.61. The highest BCUT2D eigenvalue weighted by atomic mass is 16.5. The summed E-state index contributed by atoms with van der Waals surface area (Å²) in [6.07, 6.45) is 2.01. The number of pyridine rings is 1. The summed E-state index contributed by atoms with van der Waals surface area (Å²) >= 11 is 0. The van der Waals surface area contributed by atoms with Crippen molar-refractivity contribution in [3.05, 3.63) is 23.0 Å². The average molecular weight is 330 g/mol. The predicted molar refractivity (Wildman–Crippen MR) is 93.2 cm³/mol. The molecule has 2 aromatic rings. The van der Waals surface area contributed by atoms with Gasteiger partial charge in [0, 0.05) is 24.8 Å². The molecule has 6 heteroatoms. The van der Waals surface area contributed by atoms with Gasteiger partial charge >= 0.3 is 0 Å². The van der Waals surface area contributed by atoms with Crippen LogP contribution in [0.1, 0.15) is 54.4 Å². The van der Waals surface area contributed by atoms with E-state index in [4.69, 9.17) is 4.52 Å². The van der Waals surface area contributed by atoms with Crippen molar-refractivity contribution < 1.29 is 9.32 Å². The van der Waals surface area contributed by atoms with Crippen LogP contribution in [0.15, 0.2) is 10.6 Å². The van der Waals surface area contributed by atoms with E-state index in [1.807, 2.05) is 17.9 Å². The van der Waals surface area contributed by atoms with Gasteiger partial charge < -0.3 is 14.3 Å². The lowest BCUT2D eigenvalue weighted by atomic mass is 10.0. The third kappa shape index (κ3) is 3.02. The van der Waals surface area contributed by atoms with Gasteiger partial charge in [-0.1, -0.05) is 19.0 Å². The van der Waals surface area contributed by atoms with E-state index in [9.17, 15) is 4.79 Å². The van der Waals surface area contributed by atoms with Crippen molar-refractivity contribution in [2.75, 3.05) is 27.2 Å². The van der Waals surface area contributed by atoms with Crippen LogP contribution in [0.25, 0.3) is 11.1 Å². The van der Waals surface area contributed by atoms with Crippen LogP contribution in [-0.2, 0) is 0 Å². The van der Waals surface area contributed by atoms with Crippen molar-refractivity contribution in [3.8, 4) is 0 Å². The minimum atomic E-state index is 0.0628. The molecule has 0 aliphatic carbocycles. The number of hydrogen-bond donors (Lipinski definition) is 0. The Hall–Kier alpha value is -1.95. The normalized spacial score (nSPS) is 16.5. The predicted octanol–water partition coefficient (Wildman–Crippen LogP) is 2.82. The smallest absolute Gasteiger partial charge is 0.259 e. The summed E-state index contributed by atoms with van der Waals surface area (Å²) in [5.74, 6) is 0.290. The topological polar surface area (TPSA) is 62.5 Å². The van der Waals surface area contributed by atoms with Crippen LogP contribution in [0, 0.1) is 6.92 Å². The number of piperidine rings is 1. The number of hydrogen-bond acceptors (Lipinski definition) is 5. The summed E-state index contributed by atoms with van der Waals surface area (Å²) in [6.45, 7) is 7.56. The van der Waals surface area contributed by atoms with Gasteiger partial charge in [0.2, 0.25) is 0 Å².